The van der Waals surface area contributed by atoms with Crippen LogP contribution in [-0.2, 0) is 4.79 Å². The van der Waals surface area contributed by atoms with Crippen molar-refractivity contribution in [2.24, 2.45) is 11.5 Å². The van der Waals surface area contributed by atoms with Crippen LogP contribution in [0.15, 0.2) is 22.7 Å². The lowest BCUT2D eigenvalue weighted by Gasteiger charge is -2.16. The molecule has 0 aliphatic rings. The SMILES string of the molecule is CCC(Oc1ccc(Br)cc1C(N)=S)C(N)=O. The van der Waals surface area contributed by atoms with Gasteiger partial charge in [0.1, 0.15) is 10.7 Å². The van der Waals surface area contributed by atoms with Gasteiger partial charge in [-0.25, -0.2) is 0 Å². The van der Waals surface area contributed by atoms with E-state index in [4.69, 9.17) is 28.4 Å². The van der Waals surface area contributed by atoms with Crippen molar-refractivity contribution in [3.8, 4) is 5.75 Å². The van der Waals surface area contributed by atoms with Crippen LogP contribution in [0.2, 0.25) is 0 Å². The Balaban J connectivity index is 3.05. The molecule has 1 amide bonds. The Hall–Kier alpha value is -1.14. The molecule has 92 valence electrons. The molecule has 0 saturated heterocycles. The molecule has 0 saturated carbocycles. The van der Waals surface area contributed by atoms with Crippen LogP contribution in [0.25, 0.3) is 0 Å². The Morgan fingerprint density at radius 1 is 1.53 bits per heavy atom. The van der Waals surface area contributed by atoms with Crippen molar-refractivity contribution in [3.05, 3.63) is 28.2 Å². The number of primary amides is 1. The number of carbonyl (C=O) groups is 1. The van der Waals surface area contributed by atoms with Crippen LogP contribution in [0.1, 0.15) is 18.9 Å². The number of rotatable bonds is 5. The summed E-state index contributed by atoms with van der Waals surface area (Å²) >= 11 is 8.24. The van der Waals surface area contributed by atoms with Gasteiger partial charge in [-0.1, -0.05) is 35.1 Å². The van der Waals surface area contributed by atoms with Gasteiger partial charge in [0, 0.05) is 4.47 Å². The molecule has 6 heteroatoms. The smallest absolute Gasteiger partial charge is 0.258 e. The molecule has 1 atom stereocenters. The van der Waals surface area contributed by atoms with Gasteiger partial charge in [-0.3, -0.25) is 4.79 Å². The Morgan fingerprint density at radius 2 is 2.18 bits per heavy atom. The third-order valence-corrected chi connectivity index (χ3v) is 2.88. The fourth-order valence-electron chi connectivity index (χ4n) is 1.29. The Labute approximate surface area is 113 Å². The summed E-state index contributed by atoms with van der Waals surface area (Å²) in [5, 5.41) is 0. The minimum absolute atomic E-state index is 0.209. The standard InChI is InChI=1S/C11H13BrN2O2S/c1-2-8(10(13)15)16-9-4-3-6(12)5-7(9)11(14)17/h3-5,8H,2H2,1H3,(H2,13,15)(H2,14,17). The van der Waals surface area contributed by atoms with Crippen LogP contribution < -0.4 is 16.2 Å². The van der Waals surface area contributed by atoms with Gasteiger partial charge in [0.15, 0.2) is 6.10 Å². The number of hydrogen-bond donors (Lipinski definition) is 2. The zero-order valence-electron chi connectivity index (χ0n) is 9.27. The first-order valence-electron chi connectivity index (χ1n) is 5.01. The summed E-state index contributed by atoms with van der Waals surface area (Å²) in [6, 6.07) is 5.22. The topological polar surface area (TPSA) is 78.3 Å². The summed E-state index contributed by atoms with van der Waals surface area (Å²) < 4.78 is 6.34. The van der Waals surface area contributed by atoms with E-state index >= 15 is 0 Å². The van der Waals surface area contributed by atoms with Gasteiger partial charge in [-0.15, -0.1) is 0 Å². The third-order valence-electron chi connectivity index (χ3n) is 2.16. The molecular weight excluding hydrogens is 304 g/mol. The van der Waals surface area contributed by atoms with Crippen LogP contribution in [0, 0.1) is 0 Å². The number of ether oxygens (including phenoxy) is 1. The zero-order chi connectivity index (χ0) is 13.0. The summed E-state index contributed by atoms with van der Waals surface area (Å²) in [6.07, 6.45) is -0.188. The van der Waals surface area contributed by atoms with Crippen molar-refractivity contribution in [3.63, 3.8) is 0 Å². The second-order valence-electron chi connectivity index (χ2n) is 3.42. The van der Waals surface area contributed by atoms with Crippen molar-refractivity contribution in [2.45, 2.75) is 19.4 Å². The van der Waals surface area contributed by atoms with Gasteiger partial charge in [-0.2, -0.15) is 0 Å². The normalized spacial score (nSPS) is 11.9. The first kappa shape index (κ1) is 13.9. The Morgan fingerprint density at radius 3 is 2.65 bits per heavy atom. The minimum atomic E-state index is -0.677. The van der Waals surface area contributed by atoms with E-state index in [2.05, 4.69) is 15.9 Å². The van der Waals surface area contributed by atoms with E-state index in [1.165, 1.54) is 0 Å². The number of hydrogen-bond acceptors (Lipinski definition) is 3. The molecule has 0 radical (unpaired) electrons. The highest BCUT2D eigenvalue weighted by Gasteiger charge is 2.17. The van der Waals surface area contributed by atoms with Crippen LogP contribution in [0.5, 0.6) is 5.75 Å². The second-order valence-corrected chi connectivity index (χ2v) is 4.78. The average Bonchev–Trinajstić information content (AvgIpc) is 2.26. The van der Waals surface area contributed by atoms with Gasteiger partial charge >= 0.3 is 0 Å². The van der Waals surface area contributed by atoms with Crippen LogP contribution in [0.4, 0.5) is 0 Å². The van der Waals surface area contributed by atoms with E-state index in [0.717, 1.165) is 4.47 Å². The molecule has 0 fully saturated rings. The number of benzene rings is 1. The summed E-state index contributed by atoms with van der Waals surface area (Å²) in [5.41, 5.74) is 11.4. The summed E-state index contributed by atoms with van der Waals surface area (Å²) in [6.45, 7) is 1.81. The van der Waals surface area contributed by atoms with Gasteiger partial charge in [-0.05, 0) is 24.6 Å². The van der Waals surface area contributed by atoms with Crippen molar-refractivity contribution < 1.29 is 9.53 Å². The van der Waals surface area contributed by atoms with E-state index in [-0.39, 0.29) is 4.99 Å². The van der Waals surface area contributed by atoms with Crippen molar-refractivity contribution in [2.75, 3.05) is 0 Å². The van der Waals surface area contributed by atoms with E-state index in [0.29, 0.717) is 17.7 Å². The average molecular weight is 317 g/mol. The summed E-state index contributed by atoms with van der Waals surface area (Å²) in [7, 11) is 0. The number of carbonyl (C=O) groups excluding carboxylic acids is 1. The highest BCUT2D eigenvalue weighted by molar-refractivity contribution is 9.10. The van der Waals surface area contributed by atoms with E-state index in [1.54, 1.807) is 18.2 Å². The first-order valence-corrected chi connectivity index (χ1v) is 6.21. The lowest BCUT2D eigenvalue weighted by atomic mass is 10.2. The Bertz CT molecular complexity index is 451. The van der Waals surface area contributed by atoms with Gasteiger partial charge in [0.05, 0.1) is 5.56 Å². The fraction of sp³-hybridized carbons (Fsp3) is 0.273. The van der Waals surface area contributed by atoms with Crippen molar-refractivity contribution in [1.29, 1.82) is 0 Å². The fourth-order valence-corrected chi connectivity index (χ4v) is 1.81. The van der Waals surface area contributed by atoms with E-state index in [1.807, 2.05) is 6.92 Å². The van der Waals surface area contributed by atoms with E-state index in [9.17, 15) is 4.79 Å². The molecule has 1 aromatic rings. The molecule has 4 N–H and O–H groups in total. The van der Waals surface area contributed by atoms with Gasteiger partial charge in [0.25, 0.3) is 5.91 Å². The molecule has 0 aliphatic carbocycles. The number of amides is 1. The van der Waals surface area contributed by atoms with Crippen molar-refractivity contribution >= 4 is 39.0 Å². The molecule has 1 unspecified atom stereocenters. The maximum Gasteiger partial charge on any atom is 0.258 e. The van der Waals surface area contributed by atoms with Gasteiger partial charge in [0.2, 0.25) is 0 Å². The highest BCUT2D eigenvalue weighted by Crippen LogP contribution is 2.24. The zero-order valence-corrected chi connectivity index (χ0v) is 11.7. The largest absolute Gasteiger partial charge is 0.480 e. The molecule has 0 aliphatic heterocycles. The highest BCUT2D eigenvalue weighted by atomic mass is 79.9. The molecule has 1 aromatic carbocycles. The predicted octanol–water partition coefficient (Wildman–Crippen LogP) is 1.73. The third kappa shape index (κ3) is 3.67. The van der Waals surface area contributed by atoms with Crippen LogP contribution in [0.3, 0.4) is 0 Å². The Kier molecular flexibility index (Phi) is 4.89. The van der Waals surface area contributed by atoms with Crippen molar-refractivity contribution in [1.82, 2.24) is 0 Å². The van der Waals surface area contributed by atoms with E-state index < -0.39 is 12.0 Å². The van der Waals surface area contributed by atoms with Gasteiger partial charge < -0.3 is 16.2 Å². The molecular formula is C11H13BrN2O2S. The monoisotopic (exact) mass is 316 g/mol. The lowest BCUT2D eigenvalue weighted by molar-refractivity contribution is -0.124. The summed E-state index contributed by atoms with van der Waals surface area (Å²) in [4.78, 5) is 11.3. The minimum Gasteiger partial charge on any atom is -0.480 e. The molecule has 4 nitrogen and oxygen atoms in total. The quantitative estimate of drug-likeness (QED) is 0.811. The second kappa shape index (κ2) is 5.97. The maximum absolute atomic E-state index is 11.1. The number of halogens is 1. The number of nitrogens with two attached hydrogens (primary N) is 2. The molecule has 0 aromatic heterocycles. The molecule has 1 rings (SSSR count). The lowest BCUT2D eigenvalue weighted by Crippen LogP contribution is -2.33. The molecule has 0 bridgehead atoms. The maximum atomic E-state index is 11.1. The number of thiocarbonyl (C=S) groups is 1. The first-order chi connectivity index (χ1) is 7.95. The summed E-state index contributed by atoms with van der Waals surface area (Å²) in [5.74, 6) is -0.0457. The van der Waals surface area contributed by atoms with Crippen LogP contribution >= 0.6 is 28.1 Å². The van der Waals surface area contributed by atoms with Crippen LogP contribution in [-0.4, -0.2) is 17.0 Å². The molecule has 0 spiro atoms. The molecule has 17 heavy (non-hydrogen) atoms. The predicted molar refractivity (Wildman–Crippen MR) is 73.9 cm³/mol. The molecule has 0 heterocycles.